The highest BCUT2D eigenvalue weighted by Crippen LogP contribution is 2.27. The number of nitrogens with zero attached hydrogens (tertiary/aromatic N) is 5. The molecule has 0 spiro atoms. The van der Waals surface area contributed by atoms with Gasteiger partial charge in [-0.2, -0.15) is 5.10 Å². The van der Waals surface area contributed by atoms with Gasteiger partial charge in [0.2, 0.25) is 5.91 Å². The molecule has 0 atom stereocenters. The fourth-order valence-electron chi connectivity index (χ4n) is 4.31. The molecule has 8 nitrogen and oxygen atoms in total. The van der Waals surface area contributed by atoms with Crippen molar-refractivity contribution in [3.05, 3.63) is 90.0 Å². The molecule has 4 aromatic rings. The topological polar surface area (TPSA) is 76.6 Å². The average molecular weight is 484 g/mol. The van der Waals surface area contributed by atoms with Crippen molar-refractivity contribution in [1.29, 1.82) is 0 Å². The van der Waals surface area contributed by atoms with Crippen LogP contribution in [-0.2, 0) is 11.3 Å². The Labute approximate surface area is 210 Å². The van der Waals surface area contributed by atoms with Crippen LogP contribution >= 0.6 is 0 Å². The van der Waals surface area contributed by atoms with E-state index in [1.807, 2.05) is 89.4 Å². The Morgan fingerprint density at radius 2 is 1.81 bits per heavy atom. The number of hydrogen-bond donors (Lipinski definition) is 0. The van der Waals surface area contributed by atoms with Gasteiger partial charge >= 0.3 is 0 Å². The number of aromatic nitrogens is 3. The number of para-hydroxylation sites is 1. The maximum Gasteiger partial charge on any atom is 0.246 e. The first-order valence-corrected chi connectivity index (χ1v) is 12.0. The second-order valence-corrected chi connectivity index (χ2v) is 8.81. The van der Waals surface area contributed by atoms with Gasteiger partial charge in [-0.05, 0) is 49.4 Å². The molecule has 3 heterocycles. The van der Waals surface area contributed by atoms with Gasteiger partial charge in [-0.3, -0.25) is 9.69 Å². The van der Waals surface area contributed by atoms with Crippen LogP contribution in [0.25, 0.3) is 23.0 Å². The Morgan fingerprint density at radius 3 is 2.47 bits per heavy atom. The number of benzene rings is 2. The number of rotatable bonds is 7. The highest BCUT2D eigenvalue weighted by Gasteiger charge is 2.21. The largest absolute Gasteiger partial charge is 0.497 e. The lowest BCUT2D eigenvalue weighted by Gasteiger charge is -2.33. The summed E-state index contributed by atoms with van der Waals surface area (Å²) in [4.78, 5) is 17.2. The monoisotopic (exact) mass is 483 g/mol. The summed E-state index contributed by atoms with van der Waals surface area (Å²) >= 11 is 0. The van der Waals surface area contributed by atoms with Gasteiger partial charge in [0.05, 0.1) is 24.2 Å². The predicted molar refractivity (Wildman–Crippen MR) is 138 cm³/mol. The van der Waals surface area contributed by atoms with Crippen LogP contribution in [0.15, 0.2) is 77.5 Å². The lowest BCUT2D eigenvalue weighted by Crippen LogP contribution is -2.47. The van der Waals surface area contributed by atoms with E-state index in [1.165, 1.54) is 0 Å². The fourth-order valence-corrected chi connectivity index (χ4v) is 4.31. The number of methoxy groups -OCH3 is 1. The predicted octanol–water partition coefficient (Wildman–Crippen LogP) is 4.20. The van der Waals surface area contributed by atoms with Crippen LogP contribution in [0.2, 0.25) is 0 Å². The fraction of sp³-hybridized carbons (Fsp3) is 0.250. The van der Waals surface area contributed by atoms with Crippen LogP contribution < -0.4 is 4.74 Å². The first-order chi connectivity index (χ1) is 17.6. The molecule has 0 saturated carbocycles. The average Bonchev–Trinajstić information content (AvgIpc) is 3.54. The van der Waals surface area contributed by atoms with E-state index in [2.05, 4.69) is 10.1 Å². The van der Waals surface area contributed by atoms with Crippen LogP contribution in [0, 0.1) is 6.92 Å². The summed E-state index contributed by atoms with van der Waals surface area (Å²) in [6.07, 6.45) is 5.46. The molecule has 0 N–H and O–H groups in total. The van der Waals surface area contributed by atoms with E-state index in [0.29, 0.717) is 13.1 Å². The molecule has 1 aliphatic heterocycles. The minimum Gasteiger partial charge on any atom is -0.497 e. The molecule has 0 unspecified atom stereocenters. The van der Waals surface area contributed by atoms with Gasteiger partial charge < -0.3 is 14.2 Å². The van der Waals surface area contributed by atoms with Crippen molar-refractivity contribution in [2.75, 3.05) is 33.3 Å². The van der Waals surface area contributed by atoms with Gasteiger partial charge in [0.1, 0.15) is 11.5 Å². The van der Waals surface area contributed by atoms with Gasteiger partial charge in [-0.15, -0.1) is 0 Å². The smallest absolute Gasteiger partial charge is 0.246 e. The first-order valence-electron chi connectivity index (χ1n) is 12.0. The first kappa shape index (κ1) is 23.6. The minimum atomic E-state index is 0.0000672. The Kier molecular flexibility index (Phi) is 6.95. The van der Waals surface area contributed by atoms with Gasteiger partial charge in [0.15, 0.2) is 0 Å². The molecule has 8 heteroatoms. The van der Waals surface area contributed by atoms with E-state index in [-0.39, 0.29) is 5.91 Å². The van der Waals surface area contributed by atoms with E-state index in [4.69, 9.17) is 14.4 Å². The third-order valence-corrected chi connectivity index (χ3v) is 6.28. The van der Waals surface area contributed by atoms with E-state index >= 15 is 0 Å². The summed E-state index contributed by atoms with van der Waals surface area (Å²) in [7, 11) is 1.65. The maximum absolute atomic E-state index is 13.0. The van der Waals surface area contributed by atoms with Crippen LogP contribution in [-0.4, -0.2) is 63.9 Å². The molecule has 2 aromatic carbocycles. The lowest BCUT2D eigenvalue weighted by atomic mass is 10.1. The van der Waals surface area contributed by atoms with Crippen molar-refractivity contribution in [2.24, 2.45) is 0 Å². The van der Waals surface area contributed by atoms with Crippen molar-refractivity contribution in [1.82, 2.24) is 24.7 Å². The summed E-state index contributed by atoms with van der Waals surface area (Å²) in [5, 5.41) is 8.90. The van der Waals surface area contributed by atoms with E-state index in [1.54, 1.807) is 13.2 Å². The minimum absolute atomic E-state index is 0.0000672. The SMILES string of the molecule is COc1ccc(-c2nn(-c3ccccc3)cc2/C=C/C(=O)N2CCN(Cc3cc(C)on3)CC2)cc1. The number of carbonyl (C=O) groups excluding carboxylic acids is 1. The molecule has 1 amide bonds. The molecule has 0 aliphatic carbocycles. The van der Waals surface area contributed by atoms with E-state index in [0.717, 1.165) is 59.3 Å². The maximum atomic E-state index is 13.0. The van der Waals surface area contributed by atoms with Crippen LogP contribution in [0.4, 0.5) is 0 Å². The zero-order chi connectivity index (χ0) is 24.9. The zero-order valence-corrected chi connectivity index (χ0v) is 20.5. The number of hydrogen-bond acceptors (Lipinski definition) is 6. The highest BCUT2D eigenvalue weighted by molar-refractivity contribution is 5.93. The van der Waals surface area contributed by atoms with Gasteiger partial charge in [0, 0.05) is 62.2 Å². The second kappa shape index (κ2) is 10.6. The Balaban J connectivity index is 1.30. The quantitative estimate of drug-likeness (QED) is 0.367. The molecule has 5 rings (SSSR count). The summed E-state index contributed by atoms with van der Waals surface area (Å²) in [6.45, 7) is 5.58. The molecular weight excluding hydrogens is 454 g/mol. The van der Waals surface area contributed by atoms with Crippen molar-refractivity contribution >= 4 is 12.0 Å². The zero-order valence-electron chi connectivity index (χ0n) is 20.5. The number of piperazine rings is 1. The normalized spacial score (nSPS) is 14.4. The van der Waals surface area contributed by atoms with Crippen LogP contribution in [0.5, 0.6) is 5.75 Å². The Hall–Kier alpha value is -4.17. The van der Waals surface area contributed by atoms with Crippen molar-refractivity contribution in [3.63, 3.8) is 0 Å². The van der Waals surface area contributed by atoms with Crippen LogP contribution in [0.3, 0.4) is 0 Å². The Bertz CT molecular complexity index is 1330. The molecule has 1 saturated heterocycles. The van der Waals surface area contributed by atoms with Gasteiger partial charge in [-0.1, -0.05) is 23.4 Å². The second-order valence-electron chi connectivity index (χ2n) is 8.81. The number of ether oxygens (including phenoxy) is 1. The third-order valence-electron chi connectivity index (χ3n) is 6.28. The van der Waals surface area contributed by atoms with Gasteiger partial charge in [0.25, 0.3) is 0 Å². The molecular formula is C28H29N5O3. The molecule has 184 valence electrons. The van der Waals surface area contributed by atoms with Crippen molar-refractivity contribution < 1.29 is 14.1 Å². The van der Waals surface area contributed by atoms with Crippen molar-refractivity contribution in [2.45, 2.75) is 13.5 Å². The van der Waals surface area contributed by atoms with E-state index in [9.17, 15) is 4.79 Å². The standard InChI is InChI=1S/C28H29N5O3/c1-21-18-24(30-36-21)20-31-14-16-32(17-15-31)27(34)13-10-23-19-33(25-6-4-3-5-7-25)29-28(23)22-8-11-26(35-2)12-9-22/h3-13,18-19H,14-17,20H2,1-2H3/b13-10+. The summed E-state index contributed by atoms with van der Waals surface area (Å²) in [5.74, 6) is 1.60. The van der Waals surface area contributed by atoms with Crippen molar-refractivity contribution in [3.8, 4) is 22.7 Å². The molecule has 0 radical (unpaired) electrons. The van der Waals surface area contributed by atoms with Gasteiger partial charge in [-0.25, -0.2) is 4.68 Å². The Morgan fingerprint density at radius 1 is 1.06 bits per heavy atom. The molecule has 1 fully saturated rings. The summed E-state index contributed by atoms with van der Waals surface area (Å²) < 4.78 is 12.3. The van der Waals surface area contributed by atoms with E-state index < -0.39 is 0 Å². The third kappa shape index (κ3) is 5.39. The number of amides is 1. The molecule has 36 heavy (non-hydrogen) atoms. The number of aryl methyl sites for hydroxylation is 1. The summed E-state index contributed by atoms with van der Waals surface area (Å²) in [5.41, 5.74) is 4.51. The summed E-state index contributed by atoms with van der Waals surface area (Å²) in [6, 6.07) is 19.7. The molecule has 2 aromatic heterocycles. The highest BCUT2D eigenvalue weighted by atomic mass is 16.5. The molecule has 0 bridgehead atoms. The number of carbonyl (C=O) groups is 1. The molecule has 1 aliphatic rings. The van der Waals surface area contributed by atoms with Crippen LogP contribution in [0.1, 0.15) is 17.0 Å². The lowest BCUT2D eigenvalue weighted by molar-refractivity contribution is -0.127.